The maximum absolute atomic E-state index is 11.3. The molecule has 88 valence electrons. The highest BCUT2D eigenvalue weighted by Gasteiger charge is 2.12. The van der Waals surface area contributed by atoms with Crippen LogP contribution in [0.4, 0.5) is 0 Å². The smallest absolute Gasteiger partial charge is 0.151 e. The number of hydrogen-bond acceptors (Lipinski definition) is 3. The van der Waals surface area contributed by atoms with Gasteiger partial charge in [0, 0.05) is 22.7 Å². The van der Waals surface area contributed by atoms with E-state index in [1.165, 1.54) is 0 Å². The molecule has 3 heteroatoms. The minimum atomic E-state index is -0.0901. The number of aliphatic hydroxyl groups excluding tert-OH is 1. The molecule has 0 unspecified atom stereocenters. The second-order valence-corrected chi connectivity index (χ2v) is 4.11. The summed E-state index contributed by atoms with van der Waals surface area (Å²) in [4.78, 5) is 15.6. The van der Waals surface area contributed by atoms with Gasteiger partial charge >= 0.3 is 0 Å². The molecular weight excluding hydrogens is 226 g/mol. The standard InChI is InChI=1S/C15H11NO2/c17-8-13-10-4-1-2-5-11(10)14(9-18)15-12(13)6-3-7-16-15/h1-8,18H,9H2. The fourth-order valence-corrected chi connectivity index (χ4v) is 2.40. The van der Waals surface area contributed by atoms with Gasteiger partial charge in [-0.15, -0.1) is 0 Å². The maximum atomic E-state index is 11.3. The number of aliphatic hydroxyl groups is 1. The van der Waals surface area contributed by atoms with Crippen molar-refractivity contribution in [3.8, 4) is 0 Å². The number of carbonyl (C=O) groups excluding carboxylic acids is 1. The number of pyridine rings is 1. The largest absolute Gasteiger partial charge is 0.392 e. The summed E-state index contributed by atoms with van der Waals surface area (Å²) in [6.45, 7) is -0.0901. The van der Waals surface area contributed by atoms with E-state index in [9.17, 15) is 9.90 Å². The van der Waals surface area contributed by atoms with Crippen molar-refractivity contribution in [2.45, 2.75) is 6.61 Å². The van der Waals surface area contributed by atoms with Crippen molar-refractivity contribution in [3.63, 3.8) is 0 Å². The van der Waals surface area contributed by atoms with Gasteiger partial charge in [-0.25, -0.2) is 0 Å². The molecule has 0 fully saturated rings. The third kappa shape index (κ3) is 1.41. The zero-order valence-electron chi connectivity index (χ0n) is 9.63. The molecule has 0 amide bonds. The Hall–Kier alpha value is -2.26. The summed E-state index contributed by atoms with van der Waals surface area (Å²) in [5.74, 6) is 0. The first-order valence-electron chi connectivity index (χ1n) is 5.71. The van der Waals surface area contributed by atoms with E-state index in [0.29, 0.717) is 11.1 Å². The number of hydrogen-bond donors (Lipinski definition) is 1. The SMILES string of the molecule is O=Cc1c2ccccc2c(CO)c2ncccc12. The molecular formula is C15H11NO2. The molecule has 0 aliphatic rings. The maximum Gasteiger partial charge on any atom is 0.151 e. The Labute approximate surface area is 104 Å². The average Bonchev–Trinajstić information content (AvgIpc) is 2.44. The van der Waals surface area contributed by atoms with Gasteiger partial charge in [0.25, 0.3) is 0 Å². The van der Waals surface area contributed by atoms with Gasteiger partial charge in [0.15, 0.2) is 6.29 Å². The Morgan fingerprint density at radius 1 is 1.06 bits per heavy atom. The molecule has 1 heterocycles. The summed E-state index contributed by atoms with van der Waals surface area (Å²) in [5, 5.41) is 12.1. The zero-order chi connectivity index (χ0) is 12.5. The Balaban J connectivity index is 2.65. The van der Waals surface area contributed by atoms with Gasteiger partial charge in [0.2, 0.25) is 0 Å². The first-order valence-corrected chi connectivity index (χ1v) is 5.71. The normalized spacial score (nSPS) is 10.9. The second kappa shape index (κ2) is 4.20. The second-order valence-electron chi connectivity index (χ2n) is 4.11. The summed E-state index contributed by atoms with van der Waals surface area (Å²) < 4.78 is 0. The van der Waals surface area contributed by atoms with Crippen LogP contribution >= 0.6 is 0 Å². The van der Waals surface area contributed by atoms with Crippen LogP contribution in [0.1, 0.15) is 15.9 Å². The highest BCUT2D eigenvalue weighted by Crippen LogP contribution is 2.30. The van der Waals surface area contributed by atoms with Gasteiger partial charge in [0.05, 0.1) is 12.1 Å². The van der Waals surface area contributed by atoms with E-state index in [4.69, 9.17) is 0 Å². The minimum Gasteiger partial charge on any atom is -0.392 e. The van der Waals surface area contributed by atoms with Gasteiger partial charge in [-0.1, -0.05) is 30.3 Å². The molecule has 0 aliphatic carbocycles. The fraction of sp³-hybridized carbons (Fsp3) is 0.0667. The number of rotatable bonds is 2. The number of benzene rings is 2. The quantitative estimate of drug-likeness (QED) is 0.550. The number of aldehydes is 1. The molecule has 3 nitrogen and oxygen atoms in total. The highest BCUT2D eigenvalue weighted by molar-refractivity contribution is 6.13. The summed E-state index contributed by atoms with van der Waals surface area (Å²) in [7, 11) is 0. The molecule has 0 saturated heterocycles. The summed E-state index contributed by atoms with van der Waals surface area (Å²) in [6.07, 6.45) is 2.53. The van der Waals surface area contributed by atoms with Crippen LogP contribution in [0.25, 0.3) is 21.7 Å². The third-order valence-electron chi connectivity index (χ3n) is 3.20. The lowest BCUT2D eigenvalue weighted by Crippen LogP contribution is -1.96. The molecule has 0 radical (unpaired) electrons. The van der Waals surface area contributed by atoms with Gasteiger partial charge in [-0.05, 0) is 16.8 Å². The first kappa shape index (κ1) is 10.9. The average molecular weight is 237 g/mol. The molecule has 2 aromatic carbocycles. The number of fused-ring (bicyclic) bond motifs is 2. The van der Waals surface area contributed by atoms with Crippen molar-refractivity contribution in [3.05, 3.63) is 53.7 Å². The topological polar surface area (TPSA) is 50.2 Å². The molecule has 18 heavy (non-hydrogen) atoms. The fourth-order valence-electron chi connectivity index (χ4n) is 2.40. The number of carbonyl (C=O) groups is 1. The first-order chi connectivity index (χ1) is 8.86. The Bertz CT molecular complexity index is 693. The predicted molar refractivity (Wildman–Crippen MR) is 70.6 cm³/mol. The van der Waals surface area contributed by atoms with E-state index in [0.717, 1.165) is 28.0 Å². The molecule has 0 atom stereocenters. The molecule has 0 bridgehead atoms. The zero-order valence-corrected chi connectivity index (χ0v) is 9.63. The van der Waals surface area contributed by atoms with Crippen molar-refractivity contribution >= 4 is 28.0 Å². The van der Waals surface area contributed by atoms with Crippen LogP contribution in [0.2, 0.25) is 0 Å². The number of aromatic nitrogens is 1. The minimum absolute atomic E-state index is 0.0901. The van der Waals surface area contributed by atoms with Gasteiger partial charge in [0.1, 0.15) is 0 Å². The Morgan fingerprint density at radius 3 is 2.50 bits per heavy atom. The van der Waals surface area contributed by atoms with Gasteiger partial charge in [-0.3, -0.25) is 9.78 Å². The van der Waals surface area contributed by atoms with E-state index >= 15 is 0 Å². The van der Waals surface area contributed by atoms with Crippen LogP contribution in [-0.4, -0.2) is 16.4 Å². The molecule has 3 rings (SSSR count). The van der Waals surface area contributed by atoms with Crippen LogP contribution in [0, 0.1) is 0 Å². The van der Waals surface area contributed by atoms with Crippen molar-refractivity contribution in [2.24, 2.45) is 0 Å². The molecule has 1 aromatic heterocycles. The van der Waals surface area contributed by atoms with Gasteiger partial charge in [-0.2, -0.15) is 0 Å². The highest BCUT2D eigenvalue weighted by atomic mass is 16.3. The van der Waals surface area contributed by atoms with Crippen LogP contribution in [0.3, 0.4) is 0 Å². The lowest BCUT2D eigenvalue weighted by Gasteiger charge is -2.11. The van der Waals surface area contributed by atoms with Crippen molar-refractivity contribution in [2.75, 3.05) is 0 Å². The van der Waals surface area contributed by atoms with Crippen LogP contribution in [0.5, 0.6) is 0 Å². The van der Waals surface area contributed by atoms with Crippen molar-refractivity contribution in [1.82, 2.24) is 4.98 Å². The monoisotopic (exact) mass is 237 g/mol. The van der Waals surface area contributed by atoms with Crippen LogP contribution in [-0.2, 0) is 6.61 Å². The molecule has 3 aromatic rings. The molecule has 0 saturated carbocycles. The summed E-state index contributed by atoms with van der Waals surface area (Å²) >= 11 is 0. The lowest BCUT2D eigenvalue weighted by atomic mass is 9.95. The van der Waals surface area contributed by atoms with E-state index in [-0.39, 0.29) is 6.61 Å². The molecule has 0 spiro atoms. The third-order valence-corrected chi connectivity index (χ3v) is 3.20. The number of nitrogens with zero attached hydrogens (tertiary/aromatic N) is 1. The van der Waals surface area contributed by atoms with Crippen LogP contribution < -0.4 is 0 Å². The van der Waals surface area contributed by atoms with E-state index in [2.05, 4.69) is 4.98 Å². The van der Waals surface area contributed by atoms with Crippen molar-refractivity contribution in [1.29, 1.82) is 0 Å². The summed E-state index contributed by atoms with van der Waals surface area (Å²) in [6, 6.07) is 11.2. The lowest BCUT2D eigenvalue weighted by molar-refractivity contribution is 0.112. The predicted octanol–water partition coefficient (Wildman–Crippen LogP) is 2.69. The van der Waals surface area contributed by atoms with E-state index in [1.54, 1.807) is 12.3 Å². The van der Waals surface area contributed by atoms with Crippen molar-refractivity contribution < 1.29 is 9.90 Å². The van der Waals surface area contributed by atoms with E-state index < -0.39 is 0 Å². The van der Waals surface area contributed by atoms with E-state index in [1.807, 2.05) is 30.3 Å². The van der Waals surface area contributed by atoms with Gasteiger partial charge < -0.3 is 5.11 Å². The Morgan fingerprint density at radius 2 is 1.78 bits per heavy atom. The summed E-state index contributed by atoms with van der Waals surface area (Å²) in [5.41, 5.74) is 2.10. The molecule has 1 N–H and O–H groups in total. The van der Waals surface area contributed by atoms with Crippen LogP contribution in [0.15, 0.2) is 42.6 Å². The molecule has 0 aliphatic heterocycles. The Kier molecular flexibility index (Phi) is 2.54.